The van der Waals surface area contributed by atoms with Gasteiger partial charge in [0.1, 0.15) is 0 Å². The molecule has 0 bridgehead atoms. The third kappa shape index (κ3) is 5.19. The maximum Gasteiger partial charge on any atom is 0.0963 e. The van der Waals surface area contributed by atoms with Crippen LogP contribution in [0.15, 0.2) is 24.3 Å². The molecule has 1 N–H and O–H groups in total. The molecular weight excluding hydrogens is 238 g/mol. The van der Waals surface area contributed by atoms with Gasteiger partial charge in [0.2, 0.25) is 0 Å². The first-order valence-corrected chi connectivity index (χ1v) is 7.04. The predicted octanol–water partition coefficient (Wildman–Crippen LogP) is 1.94. The first-order valence-electron chi connectivity index (χ1n) is 5.46. The minimum Gasteiger partial charge on any atom is -0.748 e. The van der Waals surface area contributed by atoms with Crippen molar-refractivity contribution in [1.29, 1.82) is 0 Å². The smallest absolute Gasteiger partial charge is 0.0963 e. The van der Waals surface area contributed by atoms with E-state index < -0.39 is 15.9 Å². The molecule has 17 heavy (non-hydrogen) atoms. The van der Waals surface area contributed by atoms with Gasteiger partial charge in [-0.05, 0) is 23.1 Å². The Balaban J connectivity index is 2.58. The summed E-state index contributed by atoms with van der Waals surface area (Å²) in [4.78, 5) is 0. The van der Waals surface area contributed by atoms with E-state index in [1.54, 1.807) is 0 Å². The predicted molar refractivity (Wildman–Crippen MR) is 68.2 cm³/mol. The number of benzene rings is 1. The van der Waals surface area contributed by atoms with Crippen molar-refractivity contribution in [2.75, 3.05) is 17.6 Å². The highest BCUT2D eigenvalue weighted by molar-refractivity contribution is 7.85. The Morgan fingerprint density at radius 3 is 2.12 bits per heavy atom. The van der Waals surface area contributed by atoms with Gasteiger partial charge in [-0.1, -0.05) is 32.9 Å². The van der Waals surface area contributed by atoms with E-state index in [-0.39, 0.29) is 12.0 Å². The molecule has 1 aromatic carbocycles. The second-order valence-corrected chi connectivity index (χ2v) is 6.54. The summed E-state index contributed by atoms with van der Waals surface area (Å²) in [5.74, 6) is -0.395. The van der Waals surface area contributed by atoms with Crippen molar-refractivity contribution in [1.82, 2.24) is 0 Å². The summed E-state index contributed by atoms with van der Waals surface area (Å²) in [7, 11) is -4.14. The van der Waals surface area contributed by atoms with E-state index in [1.807, 2.05) is 24.3 Å². The molecule has 0 aliphatic rings. The summed E-state index contributed by atoms with van der Waals surface area (Å²) in [6.45, 7) is 6.51. The summed E-state index contributed by atoms with van der Waals surface area (Å²) < 4.78 is 31.2. The summed E-state index contributed by atoms with van der Waals surface area (Å²) >= 11 is 0. The number of hydrogen-bond acceptors (Lipinski definition) is 4. The van der Waals surface area contributed by atoms with Gasteiger partial charge in [-0.3, -0.25) is 0 Å². The van der Waals surface area contributed by atoms with E-state index in [0.29, 0.717) is 0 Å². The van der Waals surface area contributed by atoms with E-state index in [2.05, 4.69) is 26.1 Å². The lowest BCUT2D eigenvalue weighted by Gasteiger charge is -2.19. The average molecular weight is 256 g/mol. The molecule has 96 valence electrons. The van der Waals surface area contributed by atoms with Crippen LogP contribution in [0.5, 0.6) is 0 Å². The zero-order valence-corrected chi connectivity index (χ0v) is 11.2. The molecule has 0 saturated carbocycles. The number of rotatable bonds is 4. The Morgan fingerprint density at radius 2 is 1.71 bits per heavy atom. The van der Waals surface area contributed by atoms with Crippen LogP contribution in [0.4, 0.5) is 5.69 Å². The van der Waals surface area contributed by atoms with Gasteiger partial charge < -0.3 is 9.87 Å². The Kier molecular flexibility index (Phi) is 4.16. The monoisotopic (exact) mass is 256 g/mol. The Bertz CT molecular complexity index is 458. The van der Waals surface area contributed by atoms with Gasteiger partial charge in [0.05, 0.1) is 15.9 Å². The zero-order chi connectivity index (χ0) is 13.1. The molecule has 0 unspecified atom stereocenters. The molecule has 0 atom stereocenters. The van der Waals surface area contributed by atoms with Crippen LogP contribution in [0.25, 0.3) is 0 Å². The van der Waals surface area contributed by atoms with Crippen molar-refractivity contribution < 1.29 is 13.0 Å². The van der Waals surface area contributed by atoms with Crippen molar-refractivity contribution in [3.63, 3.8) is 0 Å². The fourth-order valence-electron chi connectivity index (χ4n) is 1.41. The van der Waals surface area contributed by atoms with Crippen LogP contribution in [0.2, 0.25) is 0 Å². The number of hydrogen-bond donors (Lipinski definition) is 1. The molecule has 0 saturated heterocycles. The van der Waals surface area contributed by atoms with E-state index in [1.165, 1.54) is 5.56 Å². The molecule has 0 aromatic heterocycles. The molecule has 1 rings (SSSR count). The number of anilines is 1. The lowest BCUT2D eigenvalue weighted by molar-refractivity contribution is 0.464. The van der Waals surface area contributed by atoms with Crippen LogP contribution < -0.4 is 5.32 Å². The molecule has 1 aromatic rings. The van der Waals surface area contributed by atoms with Crippen LogP contribution in [0, 0.1) is 0 Å². The molecule has 0 fully saturated rings. The minimum atomic E-state index is -4.14. The van der Waals surface area contributed by atoms with Gasteiger partial charge in [0.25, 0.3) is 0 Å². The van der Waals surface area contributed by atoms with Crippen LogP contribution >= 0.6 is 0 Å². The molecule has 4 nitrogen and oxygen atoms in total. The second kappa shape index (κ2) is 5.06. The highest BCUT2D eigenvalue weighted by Gasteiger charge is 2.12. The normalized spacial score (nSPS) is 12.5. The molecule has 0 radical (unpaired) electrons. The van der Waals surface area contributed by atoms with E-state index in [0.717, 1.165) is 5.69 Å². The van der Waals surface area contributed by atoms with Crippen molar-refractivity contribution in [3.8, 4) is 0 Å². The first kappa shape index (κ1) is 14.0. The summed E-state index contributed by atoms with van der Waals surface area (Å²) in [5.41, 5.74) is 2.12. The van der Waals surface area contributed by atoms with Gasteiger partial charge in [-0.15, -0.1) is 0 Å². The Labute approximate surface area is 103 Å². The maximum atomic E-state index is 10.4. The Morgan fingerprint density at radius 1 is 1.18 bits per heavy atom. The first-order chi connectivity index (χ1) is 7.68. The summed E-state index contributed by atoms with van der Waals surface area (Å²) in [6.07, 6.45) is 0. The van der Waals surface area contributed by atoms with Crippen LogP contribution in [0.3, 0.4) is 0 Å². The molecule has 0 aliphatic heterocycles. The largest absolute Gasteiger partial charge is 0.748 e. The topological polar surface area (TPSA) is 69.2 Å². The fraction of sp³-hybridized carbons (Fsp3) is 0.500. The van der Waals surface area contributed by atoms with Crippen molar-refractivity contribution in [2.45, 2.75) is 26.2 Å². The molecule has 5 heteroatoms. The standard InChI is InChI=1S/C12H19NO3S/c1-12(2,3)10-4-6-11(7-5-10)13-8-9-17(14,15)16/h4-7,13H,8-9H2,1-3H3,(H,14,15,16)/p-1. The van der Waals surface area contributed by atoms with Gasteiger partial charge in [-0.2, -0.15) is 0 Å². The molecular formula is C12H18NO3S-. The van der Waals surface area contributed by atoms with Crippen molar-refractivity contribution in [2.24, 2.45) is 0 Å². The zero-order valence-electron chi connectivity index (χ0n) is 10.4. The molecule has 0 aliphatic carbocycles. The van der Waals surface area contributed by atoms with Crippen molar-refractivity contribution in [3.05, 3.63) is 29.8 Å². The number of nitrogens with one attached hydrogen (secondary N) is 1. The fourth-order valence-corrected chi connectivity index (χ4v) is 1.76. The minimum absolute atomic E-state index is 0.0941. The average Bonchev–Trinajstić information content (AvgIpc) is 2.15. The quantitative estimate of drug-likeness (QED) is 0.836. The van der Waals surface area contributed by atoms with E-state index >= 15 is 0 Å². The third-order valence-electron chi connectivity index (χ3n) is 2.43. The highest BCUT2D eigenvalue weighted by atomic mass is 32.2. The lowest BCUT2D eigenvalue weighted by Crippen LogP contribution is -2.15. The van der Waals surface area contributed by atoms with Crippen LogP contribution in [0.1, 0.15) is 26.3 Å². The van der Waals surface area contributed by atoms with Gasteiger partial charge in [0.15, 0.2) is 0 Å². The van der Waals surface area contributed by atoms with Gasteiger partial charge in [-0.25, -0.2) is 8.42 Å². The third-order valence-corrected chi connectivity index (χ3v) is 3.14. The second-order valence-electron chi connectivity index (χ2n) is 5.02. The van der Waals surface area contributed by atoms with E-state index in [4.69, 9.17) is 0 Å². The summed E-state index contributed by atoms with van der Waals surface area (Å²) in [6, 6.07) is 7.76. The Hall–Kier alpha value is -1.07. The van der Waals surface area contributed by atoms with Crippen LogP contribution in [-0.2, 0) is 15.5 Å². The van der Waals surface area contributed by atoms with E-state index in [9.17, 15) is 13.0 Å². The maximum absolute atomic E-state index is 10.4. The van der Waals surface area contributed by atoms with Gasteiger partial charge in [0, 0.05) is 12.2 Å². The van der Waals surface area contributed by atoms with Gasteiger partial charge >= 0.3 is 0 Å². The highest BCUT2D eigenvalue weighted by Crippen LogP contribution is 2.23. The molecule has 0 spiro atoms. The lowest BCUT2D eigenvalue weighted by atomic mass is 9.87. The van der Waals surface area contributed by atoms with Crippen LogP contribution in [-0.4, -0.2) is 25.3 Å². The SMILES string of the molecule is CC(C)(C)c1ccc(NCCS(=O)(=O)[O-])cc1. The summed E-state index contributed by atoms with van der Waals surface area (Å²) in [5, 5.41) is 2.90. The molecule has 0 heterocycles. The van der Waals surface area contributed by atoms with Crippen molar-refractivity contribution >= 4 is 15.8 Å². The molecule has 0 amide bonds.